The fourth-order valence-corrected chi connectivity index (χ4v) is 8.30. The quantitative estimate of drug-likeness (QED) is 0.0798. The van der Waals surface area contributed by atoms with Crippen LogP contribution in [0.25, 0.3) is 89.7 Å². The van der Waals surface area contributed by atoms with Crippen LogP contribution in [-0.4, -0.2) is 64.1 Å². The summed E-state index contributed by atoms with van der Waals surface area (Å²) in [5, 5.41) is 3.82. The summed E-state index contributed by atoms with van der Waals surface area (Å²) in [7, 11) is 0. The molecule has 0 saturated carbocycles. The van der Waals surface area contributed by atoms with Gasteiger partial charge in [0.1, 0.15) is 22.6 Å². The number of benzene rings is 6. The number of hydrogen-bond donors (Lipinski definition) is 2. The minimum Gasteiger partial charge on any atom is -0.324 e. The smallest absolute Gasteiger partial charge is 0.164 e. The molecule has 2 aliphatic heterocycles. The van der Waals surface area contributed by atoms with Gasteiger partial charge in [0, 0.05) is 43.8 Å². The van der Waals surface area contributed by atoms with Gasteiger partial charge in [-0.1, -0.05) is 97.1 Å². The molecule has 0 aliphatic carbocycles. The first-order valence-corrected chi connectivity index (χ1v) is 23.8. The summed E-state index contributed by atoms with van der Waals surface area (Å²) in [6.07, 6.45) is 4.42. The van der Waals surface area contributed by atoms with Crippen LogP contribution in [-0.2, 0) is 15.0 Å². The Morgan fingerprint density at radius 1 is 0.358 bits per heavy atom. The Labute approximate surface area is 394 Å². The summed E-state index contributed by atoms with van der Waals surface area (Å²) in [5.41, 5.74) is 7.50. The van der Waals surface area contributed by atoms with Gasteiger partial charge in [-0.25, -0.2) is 29.9 Å². The Morgan fingerprint density at radius 3 is 0.940 bits per heavy atom. The number of ether oxygens (including phenoxy) is 4. The maximum Gasteiger partial charge on any atom is 0.164 e. The average molecular weight is 937 g/mol. The number of nitrogens with zero attached hydrogens (tertiary/aromatic N) is 6. The van der Waals surface area contributed by atoms with Crippen LogP contribution < -0.4 is 18.9 Å². The van der Waals surface area contributed by atoms with Crippen LogP contribution in [0.1, 0.15) is 39.5 Å². The van der Waals surface area contributed by atoms with Gasteiger partial charge < -0.3 is 9.97 Å². The van der Waals surface area contributed by atoms with Gasteiger partial charge in [0.2, 0.25) is 0 Å². The Balaban J connectivity index is 0.000000171. The number of aromatic amines is 2. The number of H-pyrrole nitrogens is 2. The number of rotatable bonds is 14. The SMILES string of the molecule is CCCCOc1ccc(O[CH2][Cu][CH2]Oc2ccc(OCCCC)cc2)cc1.c1ccc2c(c1)-c1nc-2nc2[nH]c(nc3nc(nc4[nH]c(n1)c1ccccc41)-c1ccccc1-3)c1ccccc21. The molecule has 0 spiro atoms. The zero-order valence-corrected chi connectivity index (χ0v) is 38.1. The summed E-state index contributed by atoms with van der Waals surface area (Å²) in [5.74, 6) is 5.81. The van der Waals surface area contributed by atoms with Gasteiger partial charge in [0.15, 0.2) is 23.3 Å². The minimum absolute atomic E-state index is 0.526. The van der Waals surface area contributed by atoms with E-state index in [2.05, 4.69) is 23.8 Å². The molecular formula is C54H48CuN8O4. The van der Waals surface area contributed by atoms with E-state index >= 15 is 0 Å². The summed E-state index contributed by atoms with van der Waals surface area (Å²) in [6, 6.07) is 47.7. The van der Waals surface area contributed by atoms with Crippen molar-refractivity contribution in [2.75, 3.05) is 24.2 Å². The first kappa shape index (κ1) is 43.3. The molecule has 339 valence electrons. The van der Waals surface area contributed by atoms with Crippen LogP contribution in [0.4, 0.5) is 0 Å². The van der Waals surface area contributed by atoms with Gasteiger partial charge in [0.25, 0.3) is 0 Å². The van der Waals surface area contributed by atoms with Gasteiger partial charge in [-0.2, -0.15) is 0 Å². The van der Waals surface area contributed by atoms with E-state index < -0.39 is 0 Å². The van der Waals surface area contributed by atoms with E-state index in [-0.39, 0.29) is 0 Å². The van der Waals surface area contributed by atoms with E-state index in [9.17, 15) is 0 Å². The van der Waals surface area contributed by atoms with Gasteiger partial charge >= 0.3 is 169 Å². The van der Waals surface area contributed by atoms with Crippen molar-refractivity contribution in [2.24, 2.45) is 0 Å². The minimum atomic E-state index is 0.526. The molecule has 0 radical (unpaired) electrons. The van der Waals surface area contributed by atoms with E-state index in [1.54, 1.807) is 15.0 Å². The third-order valence-electron chi connectivity index (χ3n) is 11.2. The topological polar surface area (TPSA) is 146 Å². The number of unbranched alkanes of at least 4 members (excludes halogenated alkanes) is 2. The number of aromatic nitrogens is 8. The second kappa shape index (κ2) is 20.3. The Hall–Kier alpha value is -7.60. The first-order chi connectivity index (χ1) is 33.1. The molecule has 0 fully saturated rings. The second-order valence-electron chi connectivity index (χ2n) is 15.8. The van der Waals surface area contributed by atoms with Gasteiger partial charge in [-0.05, 0) is 0 Å². The van der Waals surface area contributed by atoms with Crippen LogP contribution >= 0.6 is 0 Å². The van der Waals surface area contributed by atoms with Crippen molar-refractivity contribution in [1.82, 2.24) is 39.9 Å². The number of fused-ring (bicyclic) bond motifs is 20. The molecular weight excluding hydrogens is 888 g/mol. The molecule has 9 aromatic rings. The standard InChI is InChI=1S/C32H18N8.2C11H15O2.Cu/c1-2-10-18-17(9-1)25-33-26(18)38-28-21-13-5-6-14-22(21)30(35-28)40-32-24-16-8-7-15-23(24)31(36-32)39-29-20-12-4-3-11-19(20)27(34-29)37-25;2*1-3-4-9-13-11-7-5-10(12-2)6-8-11;/h1-16H,(H2,33,34,35,36,37,38,39,40);2*5-8H,2-4,9H2,1H3;. The molecule has 5 heterocycles. The first-order valence-electron chi connectivity index (χ1n) is 22.4. The van der Waals surface area contributed by atoms with Gasteiger partial charge in [-0.3, -0.25) is 0 Å². The monoisotopic (exact) mass is 935 g/mol. The number of hydrogen-bond acceptors (Lipinski definition) is 10. The molecule has 2 N–H and O–H groups in total. The van der Waals surface area contributed by atoms with E-state index in [0.29, 0.717) is 56.9 Å². The van der Waals surface area contributed by atoms with Gasteiger partial charge in [0.05, 0.1) is 0 Å². The fourth-order valence-electron chi connectivity index (χ4n) is 7.71. The molecule has 0 amide bonds. The molecule has 0 unspecified atom stereocenters. The van der Waals surface area contributed by atoms with Crippen molar-refractivity contribution in [1.29, 1.82) is 0 Å². The predicted molar refractivity (Wildman–Crippen MR) is 261 cm³/mol. The van der Waals surface area contributed by atoms with Crippen molar-refractivity contribution >= 4 is 44.1 Å². The summed E-state index contributed by atoms with van der Waals surface area (Å²) >= 11 is 1.67. The maximum atomic E-state index is 5.70. The second-order valence-corrected chi connectivity index (χ2v) is 16.8. The molecule has 11 rings (SSSR count). The molecule has 8 bridgehead atoms. The normalized spacial score (nSPS) is 11.4. The molecule has 0 saturated heterocycles. The molecule has 12 nitrogen and oxygen atoms in total. The van der Waals surface area contributed by atoms with E-state index in [0.717, 1.165) is 106 Å². The van der Waals surface area contributed by atoms with Crippen LogP contribution in [0.3, 0.4) is 0 Å². The van der Waals surface area contributed by atoms with Crippen LogP contribution in [0.2, 0.25) is 0 Å². The Bertz CT molecular complexity index is 2960. The van der Waals surface area contributed by atoms with Crippen molar-refractivity contribution in [3.63, 3.8) is 0 Å². The predicted octanol–water partition coefficient (Wildman–Crippen LogP) is 12.4. The van der Waals surface area contributed by atoms with Crippen molar-refractivity contribution in [3.05, 3.63) is 146 Å². The Kier molecular flexibility index (Phi) is 13.1. The van der Waals surface area contributed by atoms with Crippen molar-refractivity contribution in [3.8, 4) is 68.5 Å². The third kappa shape index (κ3) is 9.70. The molecule has 13 heteroatoms. The number of nitrogens with one attached hydrogen (secondary N) is 2. The van der Waals surface area contributed by atoms with Crippen LogP contribution in [0, 0.1) is 0 Å². The largest absolute Gasteiger partial charge is 0.324 e. The Morgan fingerprint density at radius 2 is 0.642 bits per heavy atom. The zero-order valence-electron chi connectivity index (χ0n) is 37.1. The van der Waals surface area contributed by atoms with Crippen LogP contribution in [0.5, 0.6) is 23.0 Å². The molecule has 2 aliphatic rings. The third-order valence-corrected chi connectivity index (χ3v) is 11.8. The zero-order chi connectivity index (χ0) is 45.4. The van der Waals surface area contributed by atoms with Crippen molar-refractivity contribution < 1.29 is 33.9 Å². The maximum absolute atomic E-state index is 5.70. The summed E-state index contributed by atoms with van der Waals surface area (Å²) in [6.45, 7) is 5.82. The van der Waals surface area contributed by atoms with E-state index in [1.807, 2.05) is 146 Å². The summed E-state index contributed by atoms with van der Waals surface area (Å²) in [4.78, 5) is 36.8. The molecule has 67 heavy (non-hydrogen) atoms. The van der Waals surface area contributed by atoms with E-state index in [4.69, 9.17) is 48.9 Å². The van der Waals surface area contributed by atoms with Crippen molar-refractivity contribution in [2.45, 2.75) is 39.5 Å². The summed E-state index contributed by atoms with van der Waals surface area (Å²) < 4.78 is 22.7. The van der Waals surface area contributed by atoms with Crippen LogP contribution in [0.15, 0.2) is 146 Å². The fraction of sp³-hybridized carbons (Fsp3) is 0.185. The van der Waals surface area contributed by atoms with Gasteiger partial charge in [-0.15, -0.1) is 0 Å². The van der Waals surface area contributed by atoms with E-state index in [1.165, 1.54) is 0 Å². The molecule has 6 aromatic carbocycles. The molecule has 0 atom stereocenters. The molecule has 3 aromatic heterocycles. The average Bonchev–Trinajstić information content (AvgIpc) is 4.11.